The molecule has 7 nitrogen and oxygen atoms in total. The van der Waals surface area contributed by atoms with Crippen molar-refractivity contribution in [3.8, 4) is 0 Å². The average Bonchev–Trinajstić information content (AvgIpc) is 2.54. The molecular weight excluding hydrogens is 320 g/mol. The number of aliphatic hydroxyl groups excluding tert-OH is 1. The highest BCUT2D eigenvalue weighted by Gasteiger charge is 2.36. The quantitative estimate of drug-likeness (QED) is 0.750. The molecule has 1 fully saturated rings. The van der Waals surface area contributed by atoms with Gasteiger partial charge in [0.15, 0.2) is 0 Å². The minimum Gasteiger partial charge on any atom is -0.393 e. The molecule has 25 heavy (non-hydrogen) atoms. The van der Waals surface area contributed by atoms with E-state index in [2.05, 4.69) is 20.3 Å². The molecule has 3 rings (SSSR count). The van der Waals surface area contributed by atoms with Gasteiger partial charge in [0.2, 0.25) is 5.91 Å². The molecule has 2 heterocycles. The SMILES string of the molecule is Cc1nc(C)c(CC(=O)NC(c2ccccn2)C2CC(O)C2)c(=O)[nH]1. The first-order valence-electron chi connectivity index (χ1n) is 8.38. The van der Waals surface area contributed by atoms with Crippen LogP contribution in [0.25, 0.3) is 0 Å². The second-order valence-corrected chi connectivity index (χ2v) is 6.58. The van der Waals surface area contributed by atoms with Gasteiger partial charge in [-0.05, 0) is 44.7 Å². The third-order valence-corrected chi connectivity index (χ3v) is 4.62. The van der Waals surface area contributed by atoms with Crippen molar-refractivity contribution in [3.63, 3.8) is 0 Å². The lowest BCUT2D eigenvalue weighted by Gasteiger charge is -2.37. The maximum absolute atomic E-state index is 12.5. The minimum atomic E-state index is -0.320. The van der Waals surface area contributed by atoms with E-state index in [1.165, 1.54) is 0 Å². The van der Waals surface area contributed by atoms with E-state index in [0.29, 0.717) is 29.9 Å². The van der Waals surface area contributed by atoms with Crippen LogP contribution in [0.4, 0.5) is 0 Å². The summed E-state index contributed by atoms with van der Waals surface area (Å²) in [6.07, 6.45) is 2.59. The lowest BCUT2D eigenvalue weighted by Crippen LogP contribution is -2.42. The molecule has 0 spiro atoms. The van der Waals surface area contributed by atoms with Crippen LogP contribution < -0.4 is 10.9 Å². The molecule has 2 aromatic heterocycles. The molecule has 3 N–H and O–H groups in total. The minimum absolute atomic E-state index is 0.0347. The van der Waals surface area contributed by atoms with Gasteiger partial charge in [0.1, 0.15) is 5.82 Å². The van der Waals surface area contributed by atoms with Crippen LogP contribution in [0.3, 0.4) is 0 Å². The number of aliphatic hydroxyl groups is 1. The van der Waals surface area contributed by atoms with E-state index in [-0.39, 0.29) is 36.0 Å². The number of aromatic nitrogens is 3. The van der Waals surface area contributed by atoms with Crippen molar-refractivity contribution in [1.82, 2.24) is 20.3 Å². The number of hydrogen-bond acceptors (Lipinski definition) is 5. The van der Waals surface area contributed by atoms with E-state index in [1.807, 2.05) is 18.2 Å². The Balaban J connectivity index is 1.76. The maximum atomic E-state index is 12.5. The van der Waals surface area contributed by atoms with Crippen molar-refractivity contribution >= 4 is 5.91 Å². The zero-order valence-electron chi connectivity index (χ0n) is 14.3. The van der Waals surface area contributed by atoms with Crippen molar-refractivity contribution in [2.24, 2.45) is 5.92 Å². The monoisotopic (exact) mass is 342 g/mol. The zero-order chi connectivity index (χ0) is 18.0. The van der Waals surface area contributed by atoms with Crippen molar-refractivity contribution in [2.75, 3.05) is 0 Å². The Morgan fingerprint density at radius 3 is 2.76 bits per heavy atom. The van der Waals surface area contributed by atoms with Gasteiger partial charge in [0.25, 0.3) is 5.56 Å². The van der Waals surface area contributed by atoms with Crippen LogP contribution in [0.2, 0.25) is 0 Å². The number of H-pyrrole nitrogens is 1. The van der Waals surface area contributed by atoms with Crippen molar-refractivity contribution < 1.29 is 9.90 Å². The second kappa shape index (κ2) is 7.14. The van der Waals surface area contributed by atoms with E-state index in [9.17, 15) is 14.7 Å². The molecule has 1 amide bonds. The van der Waals surface area contributed by atoms with Crippen molar-refractivity contribution in [2.45, 2.75) is 45.3 Å². The van der Waals surface area contributed by atoms with Crippen LogP contribution in [-0.2, 0) is 11.2 Å². The molecule has 0 aromatic carbocycles. The Kier molecular flexibility index (Phi) is 4.94. The molecule has 7 heteroatoms. The second-order valence-electron chi connectivity index (χ2n) is 6.58. The van der Waals surface area contributed by atoms with Gasteiger partial charge in [-0.1, -0.05) is 6.07 Å². The first kappa shape index (κ1) is 17.3. The Morgan fingerprint density at radius 1 is 1.40 bits per heavy atom. The highest BCUT2D eigenvalue weighted by molar-refractivity contribution is 5.79. The molecule has 0 radical (unpaired) electrons. The smallest absolute Gasteiger partial charge is 0.254 e. The number of rotatable bonds is 5. The van der Waals surface area contributed by atoms with Crippen LogP contribution in [0.1, 0.15) is 41.7 Å². The maximum Gasteiger partial charge on any atom is 0.254 e. The van der Waals surface area contributed by atoms with Gasteiger partial charge in [0, 0.05) is 17.5 Å². The van der Waals surface area contributed by atoms with Gasteiger partial charge in [0.05, 0.1) is 24.3 Å². The number of carbonyl (C=O) groups is 1. The van der Waals surface area contributed by atoms with Crippen LogP contribution >= 0.6 is 0 Å². The number of nitrogens with zero attached hydrogens (tertiary/aromatic N) is 2. The molecular formula is C18H22N4O3. The molecule has 2 aromatic rings. The summed E-state index contributed by atoms with van der Waals surface area (Å²) in [5.41, 5.74) is 1.41. The van der Waals surface area contributed by atoms with Gasteiger partial charge < -0.3 is 15.4 Å². The number of nitrogens with one attached hydrogen (secondary N) is 2. The third-order valence-electron chi connectivity index (χ3n) is 4.62. The highest BCUT2D eigenvalue weighted by atomic mass is 16.3. The van der Waals surface area contributed by atoms with E-state index < -0.39 is 0 Å². The predicted octanol–water partition coefficient (Wildman–Crippen LogP) is 0.953. The molecule has 132 valence electrons. The Labute approximate surface area is 145 Å². The largest absolute Gasteiger partial charge is 0.393 e. The van der Waals surface area contributed by atoms with Crippen LogP contribution in [0.15, 0.2) is 29.2 Å². The fourth-order valence-corrected chi connectivity index (χ4v) is 3.24. The summed E-state index contributed by atoms with van der Waals surface area (Å²) in [5, 5.41) is 12.6. The summed E-state index contributed by atoms with van der Waals surface area (Å²) < 4.78 is 0. The van der Waals surface area contributed by atoms with E-state index in [1.54, 1.807) is 20.0 Å². The lowest BCUT2D eigenvalue weighted by molar-refractivity contribution is -0.122. The van der Waals surface area contributed by atoms with Gasteiger partial charge in [-0.3, -0.25) is 14.6 Å². The third kappa shape index (κ3) is 3.93. The first-order chi connectivity index (χ1) is 11.9. The summed E-state index contributed by atoms with van der Waals surface area (Å²) in [5.74, 6) is 0.419. The van der Waals surface area contributed by atoms with Crippen molar-refractivity contribution in [3.05, 3.63) is 57.5 Å². The van der Waals surface area contributed by atoms with Crippen LogP contribution in [-0.4, -0.2) is 32.1 Å². The first-order valence-corrected chi connectivity index (χ1v) is 8.38. The molecule has 0 bridgehead atoms. The summed E-state index contributed by atoms with van der Waals surface area (Å²) in [6, 6.07) is 5.28. The van der Waals surface area contributed by atoms with Gasteiger partial charge in [-0.2, -0.15) is 0 Å². The zero-order valence-corrected chi connectivity index (χ0v) is 14.3. The fourth-order valence-electron chi connectivity index (χ4n) is 3.24. The highest BCUT2D eigenvalue weighted by Crippen LogP contribution is 2.37. The summed E-state index contributed by atoms with van der Waals surface area (Å²) in [4.78, 5) is 35.8. The van der Waals surface area contributed by atoms with E-state index in [4.69, 9.17) is 0 Å². The molecule has 1 saturated carbocycles. The number of aryl methyl sites for hydroxylation is 2. The van der Waals surface area contributed by atoms with E-state index >= 15 is 0 Å². The topological polar surface area (TPSA) is 108 Å². The molecule has 1 aliphatic rings. The summed E-state index contributed by atoms with van der Waals surface area (Å²) in [7, 11) is 0. The molecule has 1 atom stereocenters. The number of carbonyl (C=O) groups excluding carboxylic acids is 1. The molecule has 1 aliphatic carbocycles. The molecule has 1 unspecified atom stereocenters. The number of aromatic amines is 1. The number of pyridine rings is 1. The van der Waals surface area contributed by atoms with Crippen LogP contribution in [0.5, 0.6) is 0 Å². The molecule has 0 saturated heterocycles. The molecule has 0 aliphatic heterocycles. The predicted molar refractivity (Wildman–Crippen MR) is 91.9 cm³/mol. The fraction of sp³-hybridized carbons (Fsp3) is 0.444. The lowest BCUT2D eigenvalue weighted by atomic mass is 9.76. The van der Waals surface area contributed by atoms with E-state index in [0.717, 1.165) is 5.69 Å². The Hall–Kier alpha value is -2.54. The standard InChI is InChI=1S/C18H22N4O3/c1-10-14(18(25)21-11(2)20-10)9-16(24)22-17(12-7-13(23)8-12)15-5-3-4-6-19-15/h3-6,12-13,17,23H,7-9H2,1-2H3,(H,22,24)(H,20,21,25). The Morgan fingerprint density at radius 2 is 2.16 bits per heavy atom. The number of hydrogen-bond donors (Lipinski definition) is 3. The van der Waals surface area contributed by atoms with Crippen LogP contribution in [0, 0.1) is 19.8 Å². The number of amides is 1. The Bertz CT molecular complexity index is 813. The van der Waals surface area contributed by atoms with Crippen molar-refractivity contribution in [1.29, 1.82) is 0 Å². The average molecular weight is 342 g/mol. The van der Waals surface area contributed by atoms with Gasteiger partial charge in [-0.25, -0.2) is 4.98 Å². The summed E-state index contributed by atoms with van der Waals surface area (Å²) >= 11 is 0. The normalized spacial score (nSPS) is 20.6. The summed E-state index contributed by atoms with van der Waals surface area (Å²) in [6.45, 7) is 3.43. The van der Waals surface area contributed by atoms with Gasteiger partial charge >= 0.3 is 0 Å². The van der Waals surface area contributed by atoms with Gasteiger partial charge in [-0.15, -0.1) is 0 Å².